The van der Waals surface area contributed by atoms with Crippen LogP contribution in [-0.4, -0.2) is 16.1 Å². The van der Waals surface area contributed by atoms with Gasteiger partial charge in [0.1, 0.15) is 0 Å². The number of carbonyl (C=O) groups is 1. The third kappa shape index (κ3) is 2.45. The van der Waals surface area contributed by atoms with Crippen molar-refractivity contribution in [2.45, 2.75) is 6.42 Å². The van der Waals surface area contributed by atoms with Gasteiger partial charge in [-0.2, -0.15) is 0 Å². The normalized spacial score (nSPS) is 11.0. The molecular formula is C13H11NO2. The van der Waals surface area contributed by atoms with Crippen LogP contribution in [0, 0.1) is 0 Å². The molecule has 1 N–H and O–H groups in total. The minimum absolute atomic E-state index is 0.0467. The molecule has 16 heavy (non-hydrogen) atoms. The predicted octanol–water partition coefficient (Wildman–Crippen LogP) is 2.72. The quantitative estimate of drug-likeness (QED) is 0.852. The molecule has 0 saturated heterocycles. The van der Waals surface area contributed by atoms with E-state index in [0.717, 1.165) is 16.5 Å². The van der Waals surface area contributed by atoms with Crippen LogP contribution in [0.15, 0.2) is 42.6 Å². The summed E-state index contributed by atoms with van der Waals surface area (Å²) in [5.41, 5.74) is 1.93. The maximum Gasteiger partial charge on any atom is 0.307 e. The Morgan fingerprint density at radius 1 is 1.38 bits per heavy atom. The number of carboxylic acid groups (broad SMARTS) is 1. The molecule has 0 spiro atoms. The molecule has 1 aromatic carbocycles. The second-order valence-corrected chi connectivity index (χ2v) is 3.46. The zero-order chi connectivity index (χ0) is 11.4. The van der Waals surface area contributed by atoms with E-state index < -0.39 is 5.97 Å². The molecule has 0 radical (unpaired) electrons. The van der Waals surface area contributed by atoms with Gasteiger partial charge < -0.3 is 5.11 Å². The molecule has 2 rings (SSSR count). The zero-order valence-corrected chi connectivity index (χ0v) is 8.63. The first-order chi connectivity index (χ1) is 7.75. The molecule has 0 unspecified atom stereocenters. The maximum atomic E-state index is 10.3. The molecule has 0 aliphatic heterocycles. The Kier molecular flexibility index (Phi) is 2.96. The summed E-state index contributed by atoms with van der Waals surface area (Å²) in [5.74, 6) is -0.821. The van der Waals surface area contributed by atoms with Crippen LogP contribution in [-0.2, 0) is 4.79 Å². The Morgan fingerprint density at radius 3 is 3.06 bits per heavy atom. The van der Waals surface area contributed by atoms with Crippen LogP contribution in [0.3, 0.4) is 0 Å². The smallest absolute Gasteiger partial charge is 0.307 e. The number of pyridine rings is 1. The van der Waals surface area contributed by atoms with Crippen molar-refractivity contribution in [2.24, 2.45) is 0 Å². The van der Waals surface area contributed by atoms with Crippen molar-refractivity contribution in [3.8, 4) is 0 Å². The fourth-order valence-electron chi connectivity index (χ4n) is 1.49. The van der Waals surface area contributed by atoms with Crippen molar-refractivity contribution in [2.75, 3.05) is 0 Å². The van der Waals surface area contributed by atoms with E-state index in [-0.39, 0.29) is 6.42 Å². The molecule has 0 amide bonds. The molecule has 1 aromatic heterocycles. The first-order valence-electron chi connectivity index (χ1n) is 4.99. The number of aromatic nitrogens is 1. The number of nitrogens with zero attached hydrogens (tertiary/aromatic N) is 1. The number of rotatable bonds is 3. The number of hydrogen-bond acceptors (Lipinski definition) is 2. The summed E-state index contributed by atoms with van der Waals surface area (Å²) in [6, 6.07) is 9.70. The third-order valence-corrected chi connectivity index (χ3v) is 2.23. The summed E-state index contributed by atoms with van der Waals surface area (Å²) in [5, 5.41) is 9.56. The molecule has 0 bridgehead atoms. The van der Waals surface area contributed by atoms with Crippen LogP contribution in [0.25, 0.3) is 17.0 Å². The van der Waals surface area contributed by atoms with Crippen molar-refractivity contribution in [1.29, 1.82) is 0 Å². The van der Waals surface area contributed by atoms with E-state index >= 15 is 0 Å². The van der Waals surface area contributed by atoms with E-state index in [0.29, 0.717) is 0 Å². The Balaban J connectivity index is 2.26. The summed E-state index contributed by atoms with van der Waals surface area (Å²) in [6.45, 7) is 0. The van der Waals surface area contributed by atoms with E-state index in [9.17, 15) is 4.79 Å². The summed E-state index contributed by atoms with van der Waals surface area (Å²) in [7, 11) is 0. The Morgan fingerprint density at radius 2 is 2.25 bits per heavy atom. The van der Waals surface area contributed by atoms with Crippen LogP contribution in [0.1, 0.15) is 12.0 Å². The number of fused-ring (bicyclic) bond motifs is 1. The minimum atomic E-state index is -0.821. The van der Waals surface area contributed by atoms with Crippen LogP contribution in [0.5, 0.6) is 0 Å². The zero-order valence-electron chi connectivity index (χ0n) is 8.63. The molecular weight excluding hydrogens is 202 g/mol. The maximum absolute atomic E-state index is 10.3. The first-order valence-corrected chi connectivity index (χ1v) is 4.99. The van der Waals surface area contributed by atoms with Gasteiger partial charge in [0.15, 0.2) is 0 Å². The standard InChI is InChI=1S/C13H11NO2/c15-13(16)5-1-3-10-6-7-12-11(9-10)4-2-8-14-12/h1-4,6-9H,5H2,(H,15,16). The van der Waals surface area contributed by atoms with Gasteiger partial charge in [-0.1, -0.05) is 24.3 Å². The molecule has 2 aromatic rings. The number of aliphatic carboxylic acids is 1. The molecule has 80 valence electrons. The van der Waals surface area contributed by atoms with Crippen molar-refractivity contribution in [1.82, 2.24) is 4.98 Å². The van der Waals surface area contributed by atoms with Crippen LogP contribution >= 0.6 is 0 Å². The Bertz CT molecular complexity index is 546. The van der Waals surface area contributed by atoms with Crippen LogP contribution < -0.4 is 0 Å². The molecule has 1 heterocycles. The van der Waals surface area contributed by atoms with Gasteiger partial charge in [0.2, 0.25) is 0 Å². The fraction of sp³-hybridized carbons (Fsp3) is 0.0769. The Hall–Kier alpha value is -2.16. The fourth-order valence-corrected chi connectivity index (χ4v) is 1.49. The molecule has 0 aliphatic rings. The first kappa shape index (κ1) is 10.4. The topological polar surface area (TPSA) is 50.2 Å². The second-order valence-electron chi connectivity index (χ2n) is 3.46. The van der Waals surface area contributed by atoms with Crippen LogP contribution in [0.4, 0.5) is 0 Å². The third-order valence-electron chi connectivity index (χ3n) is 2.23. The second kappa shape index (κ2) is 4.57. The number of carboxylic acids is 1. The van der Waals surface area contributed by atoms with Gasteiger partial charge in [0, 0.05) is 11.6 Å². The largest absolute Gasteiger partial charge is 0.481 e. The van der Waals surface area contributed by atoms with E-state index in [1.165, 1.54) is 0 Å². The van der Waals surface area contributed by atoms with Gasteiger partial charge in [0.25, 0.3) is 0 Å². The van der Waals surface area contributed by atoms with Gasteiger partial charge in [-0.05, 0) is 23.8 Å². The molecule has 3 nitrogen and oxygen atoms in total. The van der Waals surface area contributed by atoms with Crippen molar-refractivity contribution in [3.05, 3.63) is 48.2 Å². The van der Waals surface area contributed by atoms with Crippen molar-refractivity contribution in [3.63, 3.8) is 0 Å². The highest BCUT2D eigenvalue weighted by molar-refractivity contribution is 5.81. The van der Waals surface area contributed by atoms with Gasteiger partial charge in [-0.25, -0.2) is 0 Å². The average Bonchev–Trinajstić information content (AvgIpc) is 2.28. The lowest BCUT2D eigenvalue weighted by atomic mass is 10.1. The molecule has 3 heteroatoms. The van der Waals surface area contributed by atoms with E-state index in [4.69, 9.17) is 5.11 Å². The van der Waals surface area contributed by atoms with Crippen molar-refractivity contribution < 1.29 is 9.90 Å². The lowest BCUT2D eigenvalue weighted by Gasteiger charge is -1.97. The lowest BCUT2D eigenvalue weighted by Crippen LogP contribution is -1.89. The van der Waals surface area contributed by atoms with Gasteiger partial charge >= 0.3 is 5.97 Å². The number of benzene rings is 1. The van der Waals surface area contributed by atoms with Crippen molar-refractivity contribution >= 4 is 22.9 Å². The van der Waals surface area contributed by atoms with Gasteiger partial charge in [-0.3, -0.25) is 9.78 Å². The van der Waals surface area contributed by atoms with E-state index in [1.54, 1.807) is 18.3 Å². The highest BCUT2D eigenvalue weighted by Crippen LogP contribution is 2.14. The monoisotopic (exact) mass is 213 g/mol. The van der Waals surface area contributed by atoms with Gasteiger partial charge in [0.05, 0.1) is 11.9 Å². The van der Waals surface area contributed by atoms with Gasteiger partial charge in [-0.15, -0.1) is 0 Å². The summed E-state index contributed by atoms with van der Waals surface area (Å²) in [4.78, 5) is 14.6. The molecule has 0 fully saturated rings. The molecule has 0 atom stereocenters. The SMILES string of the molecule is O=C(O)CC=Cc1ccc2ncccc2c1. The lowest BCUT2D eigenvalue weighted by molar-refractivity contribution is -0.135. The molecule has 0 aliphatic carbocycles. The summed E-state index contributed by atoms with van der Waals surface area (Å²) in [6.07, 6.45) is 5.24. The highest BCUT2D eigenvalue weighted by atomic mass is 16.4. The van der Waals surface area contributed by atoms with Crippen LogP contribution in [0.2, 0.25) is 0 Å². The minimum Gasteiger partial charge on any atom is -0.481 e. The Labute approximate surface area is 93.1 Å². The van der Waals surface area contributed by atoms with E-state index in [1.807, 2.05) is 30.3 Å². The summed E-state index contributed by atoms with van der Waals surface area (Å²) < 4.78 is 0. The number of hydrogen-bond donors (Lipinski definition) is 1. The average molecular weight is 213 g/mol. The molecule has 0 saturated carbocycles. The van der Waals surface area contributed by atoms with E-state index in [2.05, 4.69) is 4.98 Å². The highest BCUT2D eigenvalue weighted by Gasteiger charge is 1.94. The predicted molar refractivity (Wildman–Crippen MR) is 63.0 cm³/mol. The summed E-state index contributed by atoms with van der Waals surface area (Å²) >= 11 is 0.